The molecule has 0 saturated carbocycles. The minimum atomic E-state index is -0.0793. The number of carbonyl (C=O) groups excluding carboxylic acids is 1. The van der Waals surface area contributed by atoms with Crippen LogP contribution in [-0.4, -0.2) is 52.9 Å². The van der Waals surface area contributed by atoms with Crippen LogP contribution in [0.1, 0.15) is 31.9 Å². The second-order valence-corrected chi connectivity index (χ2v) is 5.16. The number of amides is 1. The van der Waals surface area contributed by atoms with Crippen LogP contribution < -0.4 is 5.32 Å². The van der Waals surface area contributed by atoms with Gasteiger partial charge in [0.25, 0.3) is 0 Å². The van der Waals surface area contributed by atoms with Crippen LogP contribution in [0.2, 0.25) is 0 Å². The minimum Gasteiger partial charge on any atom is -0.371 e. The predicted molar refractivity (Wildman–Crippen MR) is 76.2 cm³/mol. The van der Waals surface area contributed by atoms with Gasteiger partial charge in [-0.1, -0.05) is 13.8 Å². The normalized spacial score (nSPS) is 22.4. The summed E-state index contributed by atoms with van der Waals surface area (Å²) in [6, 6.07) is 0.0438. The molecule has 1 aromatic heterocycles. The van der Waals surface area contributed by atoms with Gasteiger partial charge in [-0.25, -0.2) is 0 Å². The van der Waals surface area contributed by atoms with Gasteiger partial charge in [0.05, 0.1) is 18.8 Å². The van der Waals surface area contributed by atoms with Crippen LogP contribution >= 0.6 is 0 Å². The zero-order valence-corrected chi connectivity index (χ0v) is 12.5. The van der Waals surface area contributed by atoms with Crippen molar-refractivity contribution in [2.24, 2.45) is 7.05 Å². The summed E-state index contributed by atoms with van der Waals surface area (Å²) in [7, 11) is 1.88. The highest BCUT2D eigenvalue weighted by atomic mass is 16.5. The molecule has 0 bridgehead atoms. The summed E-state index contributed by atoms with van der Waals surface area (Å²) in [4.78, 5) is 14.2. The minimum absolute atomic E-state index is 0.0438. The summed E-state index contributed by atoms with van der Waals surface area (Å²) in [5.74, 6) is 0.0677. The van der Waals surface area contributed by atoms with E-state index in [1.807, 2.05) is 13.2 Å². The van der Waals surface area contributed by atoms with E-state index in [0.29, 0.717) is 13.2 Å². The first kappa shape index (κ1) is 15.0. The zero-order chi connectivity index (χ0) is 14.5. The van der Waals surface area contributed by atoms with E-state index in [0.717, 1.165) is 25.1 Å². The monoisotopic (exact) mass is 280 g/mol. The Kier molecular flexibility index (Phi) is 5.14. The fraction of sp³-hybridized carbons (Fsp3) is 0.714. The van der Waals surface area contributed by atoms with E-state index in [1.54, 1.807) is 10.9 Å². The fourth-order valence-corrected chi connectivity index (χ4v) is 2.56. The molecule has 2 rings (SSSR count). The Morgan fingerprint density at radius 3 is 2.90 bits per heavy atom. The van der Waals surface area contributed by atoms with Gasteiger partial charge in [-0.3, -0.25) is 14.4 Å². The van der Waals surface area contributed by atoms with Crippen LogP contribution in [0.3, 0.4) is 0 Å². The third kappa shape index (κ3) is 3.58. The van der Waals surface area contributed by atoms with E-state index >= 15 is 0 Å². The van der Waals surface area contributed by atoms with Gasteiger partial charge in [-0.15, -0.1) is 0 Å². The molecule has 0 aliphatic carbocycles. The number of hydrogen-bond donors (Lipinski definition) is 1. The average Bonchev–Trinajstić information content (AvgIpc) is 3.04. The molecule has 20 heavy (non-hydrogen) atoms. The number of aryl methyl sites for hydroxylation is 1. The maximum absolute atomic E-state index is 12.1. The molecule has 112 valence electrons. The number of aromatic nitrogens is 2. The number of nitrogens with zero attached hydrogens (tertiary/aromatic N) is 3. The van der Waals surface area contributed by atoms with Crippen LogP contribution in [0.25, 0.3) is 0 Å². The van der Waals surface area contributed by atoms with Crippen molar-refractivity contribution in [3.05, 3.63) is 18.0 Å². The van der Waals surface area contributed by atoms with Gasteiger partial charge in [-0.05, 0) is 19.5 Å². The van der Waals surface area contributed by atoms with Gasteiger partial charge in [0.15, 0.2) is 0 Å². The zero-order valence-electron chi connectivity index (χ0n) is 12.5. The molecule has 1 aliphatic heterocycles. The van der Waals surface area contributed by atoms with Crippen molar-refractivity contribution in [1.29, 1.82) is 0 Å². The third-order valence-corrected chi connectivity index (χ3v) is 3.75. The number of ether oxygens (including phenoxy) is 1. The van der Waals surface area contributed by atoms with Gasteiger partial charge < -0.3 is 10.1 Å². The molecule has 2 atom stereocenters. The summed E-state index contributed by atoms with van der Waals surface area (Å²) in [6.07, 6.45) is 4.52. The van der Waals surface area contributed by atoms with E-state index in [1.165, 1.54) is 0 Å². The summed E-state index contributed by atoms with van der Waals surface area (Å²) >= 11 is 0. The second-order valence-electron chi connectivity index (χ2n) is 5.16. The number of carbonyl (C=O) groups is 1. The molecule has 0 radical (unpaired) electrons. The lowest BCUT2D eigenvalue weighted by Crippen LogP contribution is -2.43. The highest BCUT2D eigenvalue weighted by Gasteiger charge is 2.31. The van der Waals surface area contributed by atoms with Crippen molar-refractivity contribution in [1.82, 2.24) is 20.0 Å². The van der Waals surface area contributed by atoms with E-state index in [9.17, 15) is 4.79 Å². The summed E-state index contributed by atoms with van der Waals surface area (Å²) in [5.41, 5.74) is 1.03. The molecular formula is C14H24N4O2. The number of rotatable bonds is 6. The number of hydrogen-bond acceptors (Lipinski definition) is 4. The van der Waals surface area contributed by atoms with Crippen molar-refractivity contribution in [2.45, 2.75) is 32.4 Å². The van der Waals surface area contributed by atoms with Crippen molar-refractivity contribution < 1.29 is 9.53 Å². The molecule has 0 aromatic carbocycles. The molecular weight excluding hydrogens is 256 g/mol. The summed E-state index contributed by atoms with van der Waals surface area (Å²) < 4.78 is 7.50. The molecule has 1 saturated heterocycles. The predicted octanol–water partition coefficient (Wildman–Crippen LogP) is 0.708. The van der Waals surface area contributed by atoms with Gasteiger partial charge in [-0.2, -0.15) is 5.10 Å². The lowest BCUT2D eigenvalue weighted by molar-refractivity contribution is -0.123. The quantitative estimate of drug-likeness (QED) is 0.833. The van der Waals surface area contributed by atoms with Crippen LogP contribution in [0.5, 0.6) is 0 Å². The molecule has 6 heteroatoms. The molecule has 1 aromatic rings. The Bertz CT molecular complexity index is 442. The van der Waals surface area contributed by atoms with E-state index in [2.05, 4.69) is 29.2 Å². The van der Waals surface area contributed by atoms with Crippen molar-refractivity contribution in [3.8, 4) is 0 Å². The van der Waals surface area contributed by atoms with Gasteiger partial charge in [0.1, 0.15) is 6.10 Å². The first-order chi connectivity index (χ1) is 9.63. The highest BCUT2D eigenvalue weighted by Crippen LogP contribution is 2.28. The van der Waals surface area contributed by atoms with Crippen LogP contribution in [0.4, 0.5) is 0 Å². The molecule has 2 heterocycles. The average molecular weight is 280 g/mol. The topological polar surface area (TPSA) is 59.4 Å². The lowest BCUT2D eigenvalue weighted by atomic mass is 10.1. The molecule has 1 amide bonds. The van der Waals surface area contributed by atoms with E-state index in [4.69, 9.17) is 4.74 Å². The standard InChI is InChI=1S/C14H24N4O2/c1-4-18(5-2)10-13(19)16-12-6-7-20-14(12)11-8-15-17(3)9-11/h8-9,12,14H,4-7,10H2,1-3H3,(H,16,19)/t12-,14+/m0/s1. The lowest BCUT2D eigenvalue weighted by Gasteiger charge is -2.22. The van der Waals surface area contributed by atoms with Crippen molar-refractivity contribution in [3.63, 3.8) is 0 Å². The summed E-state index contributed by atoms with van der Waals surface area (Å²) in [5, 5.41) is 7.26. The van der Waals surface area contributed by atoms with E-state index in [-0.39, 0.29) is 18.1 Å². The SMILES string of the molecule is CCN(CC)CC(=O)N[C@H]1CCO[C@@H]1c1cnn(C)c1. The first-order valence-electron chi connectivity index (χ1n) is 7.25. The largest absolute Gasteiger partial charge is 0.371 e. The first-order valence-corrected chi connectivity index (χ1v) is 7.25. The molecule has 1 N–H and O–H groups in total. The maximum atomic E-state index is 12.1. The molecule has 1 aliphatic rings. The Morgan fingerprint density at radius 2 is 2.30 bits per heavy atom. The van der Waals surface area contributed by atoms with Gasteiger partial charge in [0.2, 0.25) is 5.91 Å². The molecule has 0 unspecified atom stereocenters. The van der Waals surface area contributed by atoms with Gasteiger partial charge >= 0.3 is 0 Å². The Hall–Kier alpha value is -1.40. The van der Waals surface area contributed by atoms with E-state index < -0.39 is 0 Å². The van der Waals surface area contributed by atoms with Crippen molar-refractivity contribution >= 4 is 5.91 Å². The second kappa shape index (κ2) is 6.85. The highest BCUT2D eigenvalue weighted by molar-refractivity contribution is 5.78. The van der Waals surface area contributed by atoms with Crippen LogP contribution in [-0.2, 0) is 16.6 Å². The molecule has 6 nitrogen and oxygen atoms in total. The van der Waals surface area contributed by atoms with Crippen molar-refractivity contribution in [2.75, 3.05) is 26.2 Å². The number of nitrogens with one attached hydrogen (secondary N) is 1. The Morgan fingerprint density at radius 1 is 1.55 bits per heavy atom. The third-order valence-electron chi connectivity index (χ3n) is 3.75. The fourth-order valence-electron chi connectivity index (χ4n) is 2.56. The summed E-state index contributed by atoms with van der Waals surface area (Å²) in [6.45, 7) is 7.02. The van der Waals surface area contributed by atoms with Crippen LogP contribution in [0, 0.1) is 0 Å². The maximum Gasteiger partial charge on any atom is 0.234 e. The Labute approximate surface area is 120 Å². The Balaban J connectivity index is 1.92. The smallest absolute Gasteiger partial charge is 0.234 e. The number of likely N-dealkylation sites (N-methyl/N-ethyl adjacent to an activating group) is 1. The molecule has 0 spiro atoms. The molecule has 1 fully saturated rings. The van der Waals surface area contributed by atoms with Crippen LogP contribution in [0.15, 0.2) is 12.4 Å². The van der Waals surface area contributed by atoms with Gasteiger partial charge in [0, 0.05) is 25.4 Å².